The molecule has 2 fully saturated rings. The number of hydrogen-bond acceptors (Lipinski definition) is 5. The van der Waals surface area contributed by atoms with Gasteiger partial charge in [0.15, 0.2) is 0 Å². The van der Waals surface area contributed by atoms with Crippen molar-refractivity contribution >= 4 is 34.7 Å². The number of fused-ring (bicyclic) bond motifs is 1. The molecule has 7 nitrogen and oxygen atoms in total. The highest BCUT2D eigenvalue weighted by molar-refractivity contribution is 6.30. The lowest BCUT2D eigenvalue weighted by atomic mass is 10.0. The lowest BCUT2D eigenvalue weighted by Gasteiger charge is -2.08. The number of nitriles is 1. The quantitative estimate of drug-likeness (QED) is 0.363. The van der Waals surface area contributed by atoms with E-state index >= 15 is 0 Å². The van der Waals surface area contributed by atoms with Crippen LogP contribution in [-0.2, 0) is 11.3 Å². The molecule has 8 heteroatoms. The Balaban J connectivity index is 1.09. The molecule has 2 atom stereocenters. The van der Waals surface area contributed by atoms with Gasteiger partial charge in [-0.3, -0.25) is 4.79 Å². The summed E-state index contributed by atoms with van der Waals surface area (Å²) in [6, 6.07) is 15.3. The van der Waals surface area contributed by atoms with Crippen molar-refractivity contribution < 1.29 is 4.79 Å². The lowest BCUT2D eigenvalue weighted by Crippen LogP contribution is -2.16. The first-order valence-corrected chi connectivity index (χ1v) is 12.1. The number of carbonyl (C=O) groups excluding carboxylic acids is 1. The average Bonchev–Trinajstić information content (AvgIpc) is 3.79. The average molecular weight is 483 g/mol. The van der Waals surface area contributed by atoms with E-state index in [2.05, 4.69) is 50.6 Å². The third-order valence-corrected chi connectivity index (χ3v) is 6.95. The van der Waals surface area contributed by atoms with Crippen molar-refractivity contribution in [1.29, 1.82) is 5.26 Å². The Labute approximate surface area is 207 Å². The van der Waals surface area contributed by atoms with Crippen LogP contribution in [0.4, 0.5) is 11.5 Å². The summed E-state index contributed by atoms with van der Waals surface area (Å²) >= 11 is 6.11. The maximum atomic E-state index is 12.8. The molecule has 0 radical (unpaired) electrons. The first-order chi connectivity index (χ1) is 17.1. The number of benzene rings is 1. The van der Waals surface area contributed by atoms with Gasteiger partial charge in [-0.25, -0.2) is 9.97 Å². The highest BCUT2D eigenvalue weighted by Crippen LogP contribution is 2.49. The standard InChI is InChI=1S/C27H23ClN6O/c28-19-5-3-17(12-29)22(9-19)23-11-24(23)27(35)33-25-10-20(7-8-30-25)31-13-21-15-34-14-18(16-1-2-16)4-6-26(34)32-21/h3-10,14-16,23-24H,1-2,11,13H2,(H2,30,31,33,35). The minimum atomic E-state index is -0.197. The van der Waals surface area contributed by atoms with Crippen LogP contribution in [0.3, 0.4) is 0 Å². The zero-order chi connectivity index (χ0) is 23.9. The molecule has 0 bridgehead atoms. The fourth-order valence-electron chi connectivity index (χ4n) is 4.60. The fourth-order valence-corrected chi connectivity index (χ4v) is 4.78. The van der Waals surface area contributed by atoms with Crippen LogP contribution in [0.2, 0.25) is 5.02 Å². The Morgan fingerprint density at radius 2 is 2.06 bits per heavy atom. The molecule has 6 rings (SSSR count). The molecule has 3 heterocycles. The van der Waals surface area contributed by atoms with E-state index in [-0.39, 0.29) is 17.7 Å². The Bertz CT molecular complexity index is 1480. The van der Waals surface area contributed by atoms with Crippen LogP contribution in [0.5, 0.6) is 0 Å². The minimum Gasteiger partial charge on any atom is -0.379 e. The van der Waals surface area contributed by atoms with Crippen molar-refractivity contribution in [3.8, 4) is 6.07 Å². The van der Waals surface area contributed by atoms with E-state index in [9.17, 15) is 10.1 Å². The summed E-state index contributed by atoms with van der Waals surface area (Å²) in [7, 11) is 0. The lowest BCUT2D eigenvalue weighted by molar-refractivity contribution is -0.117. The molecule has 174 valence electrons. The second kappa shape index (κ2) is 8.71. The molecule has 2 N–H and O–H groups in total. The third-order valence-electron chi connectivity index (χ3n) is 6.72. The highest BCUT2D eigenvalue weighted by atomic mass is 35.5. The van der Waals surface area contributed by atoms with E-state index in [1.807, 2.05) is 12.1 Å². The molecule has 35 heavy (non-hydrogen) atoms. The number of pyridine rings is 2. The SMILES string of the molecule is N#Cc1ccc(Cl)cc1C1CC1C(=O)Nc1cc(NCc2cn3cc(C4CC4)ccc3n2)ccn1. The molecule has 3 aromatic heterocycles. The van der Waals surface area contributed by atoms with Crippen LogP contribution in [0.25, 0.3) is 5.65 Å². The fraction of sp³-hybridized carbons (Fsp3) is 0.259. The number of rotatable bonds is 7. The number of amides is 1. The van der Waals surface area contributed by atoms with E-state index in [0.717, 1.165) is 22.6 Å². The second-order valence-corrected chi connectivity index (χ2v) is 9.74. The number of imidazole rings is 1. The van der Waals surface area contributed by atoms with E-state index < -0.39 is 0 Å². The summed E-state index contributed by atoms with van der Waals surface area (Å²) in [5.41, 5.74) is 5.50. The normalized spacial score (nSPS) is 18.7. The summed E-state index contributed by atoms with van der Waals surface area (Å²) in [5, 5.41) is 16.2. The summed E-state index contributed by atoms with van der Waals surface area (Å²) in [6.45, 7) is 0.564. The van der Waals surface area contributed by atoms with Gasteiger partial charge in [-0.05, 0) is 72.6 Å². The zero-order valence-corrected chi connectivity index (χ0v) is 19.7. The van der Waals surface area contributed by atoms with Crippen molar-refractivity contribution in [2.45, 2.75) is 37.6 Å². The molecule has 0 spiro atoms. The Morgan fingerprint density at radius 1 is 1.17 bits per heavy atom. The van der Waals surface area contributed by atoms with Crippen LogP contribution in [0, 0.1) is 17.2 Å². The summed E-state index contributed by atoms with van der Waals surface area (Å²) < 4.78 is 2.09. The smallest absolute Gasteiger partial charge is 0.229 e. The molecule has 2 unspecified atom stereocenters. The number of hydrogen-bond donors (Lipinski definition) is 2. The van der Waals surface area contributed by atoms with Crippen molar-refractivity contribution in [1.82, 2.24) is 14.4 Å². The molecule has 0 aliphatic heterocycles. The van der Waals surface area contributed by atoms with E-state index in [0.29, 0.717) is 35.3 Å². The van der Waals surface area contributed by atoms with Gasteiger partial charge < -0.3 is 15.0 Å². The van der Waals surface area contributed by atoms with E-state index in [4.69, 9.17) is 16.6 Å². The zero-order valence-electron chi connectivity index (χ0n) is 18.9. The number of carbonyl (C=O) groups is 1. The third kappa shape index (κ3) is 4.58. The van der Waals surface area contributed by atoms with Crippen LogP contribution in [0.15, 0.2) is 61.1 Å². The maximum absolute atomic E-state index is 12.8. The van der Waals surface area contributed by atoms with Gasteiger partial charge >= 0.3 is 0 Å². The number of anilines is 2. The topological polar surface area (TPSA) is 95.1 Å². The summed E-state index contributed by atoms with van der Waals surface area (Å²) in [4.78, 5) is 21.8. The van der Waals surface area contributed by atoms with Gasteiger partial charge in [-0.2, -0.15) is 5.26 Å². The van der Waals surface area contributed by atoms with Gasteiger partial charge in [0.25, 0.3) is 0 Å². The van der Waals surface area contributed by atoms with Gasteiger partial charge in [0, 0.05) is 41.3 Å². The number of aromatic nitrogens is 3. The molecular formula is C27H23ClN6O. The van der Waals surface area contributed by atoms with Gasteiger partial charge in [0.1, 0.15) is 11.5 Å². The van der Waals surface area contributed by atoms with Crippen LogP contribution >= 0.6 is 11.6 Å². The molecule has 4 aromatic rings. The van der Waals surface area contributed by atoms with E-state index in [1.54, 1.807) is 24.4 Å². The molecule has 2 aliphatic rings. The largest absolute Gasteiger partial charge is 0.379 e. The van der Waals surface area contributed by atoms with Crippen LogP contribution in [-0.4, -0.2) is 20.3 Å². The minimum absolute atomic E-state index is 0.000126. The number of halogens is 1. The van der Waals surface area contributed by atoms with Crippen LogP contribution in [0.1, 0.15) is 53.5 Å². The molecule has 2 saturated carbocycles. The van der Waals surface area contributed by atoms with Crippen LogP contribution < -0.4 is 10.6 Å². The molecule has 2 aliphatic carbocycles. The highest BCUT2D eigenvalue weighted by Gasteiger charge is 2.45. The second-order valence-electron chi connectivity index (χ2n) is 9.30. The first kappa shape index (κ1) is 21.6. The van der Waals surface area contributed by atoms with Crippen molar-refractivity contribution in [2.24, 2.45) is 5.92 Å². The Morgan fingerprint density at radius 3 is 2.89 bits per heavy atom. The molecular weight excluding hydrogens is 460 g/mol. The van der Waals surface area contributed by atoms with Crippen molar-refractivity contribution in [3.05, 3.63) is 88.5 Å². The Kier molecular flexibility index (Phi) is 5.39. The summed E-state index contributed by atoms with van der Waals surface area (Å²) in [5.74, 6) is 0.896. The predicted octanol–water partition coefficient (Wildman–Crippen LogP) is 5.49. The van der Waals surface area contributed by atoms with Crippen molar-refractivity contribution in [2.75, 3.05) is 10.6 Å². The monoisotopic (exact) mass is 482 g/mol. The Hall–Kier alpha value is -3.89. The summed E-state index contributed by atoms with van der Waals surface area (Å²) in [6.07, 6.45) is 9.14. The molecule has 1 aromatic carbocycles. The van der Waals surface area contributed by atoms with Crippen molar-refractivity contribution in [3.63, 3.8) is 0 Å². The predicted molar refractivity (Wildman–Crippen MR) is 134 cm³/mol. The van der Waals surface area contributed by atoms with Gasteiger partial charge in [-0.1, -0.05) is 17.7 Å². The van der Waals surface area contributed by atoms with Gasteiger partial charge in [0.2, 0.25) is 5.91 Å². The van der Waals surface area contributed by atoms with E-state index in [1.165, 1.54) is 18.4 Å². The number of nitrogens with one attached hydrogen (secondary N) is 2. The van der Waals surface area contributed by atoms with Gasteiger partial charge in [-0.15, -0.1) is 0 Å². The molecule has 1 amide bonds. The first-order valence-electron chi connectivity index (χ1n) is 11.8. The molecule has 0 saturated heterocycles. The number of nitrogens with zero attached hydrogens (tertiary/aromatic N) is 4. The van der Waals surface area contributed by atoms with Gasteiger partial charge in [0.05, 0.1) is 23.9 Å². The maximum Gasteiger partial charge on any atom is 0.229 e.